The first-order valence-corrected chi connectivity index (χ1v) is 10.7. The number of halogens is 2. The number of sulfonamides is 1. The Balaban J connectivity index is 0.00000364. The fourth-order valence-electron chi connectivity index (χ4n) is 1.75. The van der Waals surface area contributed by atoms with Crippen LogP contribution in [0.3, 0.4) is 0 Å². The maximum atomic E-state index is 12.2. The third-order valence-electron chi connectivity index (χ3n) is 2.93. The molecule has 142 valence electrons. The van der Waals surface area contributed by atoms with Crippen LogP contribution in [0.5, 0.6) is 5.75 Å². The van der Waals surface area contributed by atoms with E-state index in [4.69, 9.17) is 27.7 Å². The standard InChI is InChI=1S/C13H11Cl2N2O7PS.Na.H/c14-9-1-6-12(15)13(7-9)26(22,23)16-8-25(20,21)24-11-4-2-10(3-5-11)17(18)19;;/h1-7,16H,8H2,(H,20,21);;/q;+1;-1. The molecule has 0 saturated heterocycles. The molecule has 0 aromatic heterocycles. The predicted molar refractivity (Wildman–Crippen MR) is 96.3 cm³/mol. The molecule has 0 aliphatic carbocycles. The number of hydrogen-bond acceptors (Lipinski definition) is 6. The van der Waals surface area contributed by atoms with Crippen LogP contribution < -0.4 is 38.8 Å². The third-order valence-corrected chi connectivity index (χ3v) is 6.32. The Morgan fingerprint density at radius 2 is 1.81 bits per heavy atom. The number of nitrogens with zero attached hydrogens (tertiary/aromatic N) is 1. The Bertz CT molecular complexity index is 995. The summed E-state index contributed by atoms with van der Waals surface area (Å²) >= 11 is 11.5. The van der Waals surface area contributed by atoms with Gasteiger partial charge in [-0.1, -0.05) is 23.2 Å². The van der Waals surface area contributed by atoms with E-state index >= 15 is 0 Å². The molecule has 1 atom stereocenters. The molecule has 2 rings (SSSR count). The van der Waals surface area contributed by atoms with Crippen molar-refractivity contribution in [2.45, 2.75) is 4.90 Å². The van der Waals surface area contributed by atoms with Gasteiger partial charge in [-0.05, 0) is 30.3 Å². The normalized spacial score (nSPS) is 13.3. The summed E-state index contributed by atoms with van der Waals surface area (Å²) in [4.78, 5) is 19.3. The van der Waals surface area contributed by atoms with Crippen LogP contribution in [0.15, 0.2) is 47.4 Å². The zero-order valence-electron chi connectivity index (χ0n) is 14.7. The first kappa shape index (κ1) is 24.4. The van der Waals surface area contributed by atoms with Crippen molar-refractivity contribution in [3.8, 4) is 5.75 Å². The molecular formula is C13H12Cl2N2NaO7PS. The van der Waals surface area contributed by atoms with Crippen molar-refractivity contribution < 1.29 is 58.3 Å². The van der Waals surface area contributed by atoms with E-state index in [-0.39, 0.29) is 57.4 Å². The molecule has 2 aromatic carbocycles. The van der Waals surface area contributed by atoms with Gasteiger partial charge >= 0.3 is 37.2 Å². The van der Waals surface area contributed by atoms with Gasteiger partial charge in [0.15, 0.2) is 0 Å². The minimum absolute atomic E-state index is 0. The molecule has 0 saturated carbocycles. The predicted octanol–water partition coefficient (Wildman–Crippen LogP) is 0.518. The molecule has 0 amide bonds. The second-order valence-corrected chi connectivity index (χ2v) is 9.21. The van der Waals surface area contributed by atoms with Crippen molar-refractivity contribution in [2.75, 3.05) is 6.29 Å². The van der Waals surface area contributed by atoms with Gasteiger partial charge in [-0.15, -0.1) is 0 Å². The van der Waals surface area contributed by atoms with Gasteiger partial charge in [0.2, 0.25) is 10.0 Å². The van der Waals surface area contributed by atoms with E-state index in [1.807, 2.05) is 4.72 Å². The Kier molecular flexibility index (Phi) is 8.74. The van der Waals surface area contributed by atoms with Crippen LogP contribution >= 0.6 is 30.8 Å². The summed E-state index contributed by atoms with van der Waals surface area (Å²) in [5.41, 5.74) is -0.235. The second-order valence-electron chi connectivity index (χ2n) is 4.86. The van der Waals surface area contributed by atoms with Gasteiger partial charge in [0, 0.05) is 17.2 Å². The second kappa shape index (κ2) is 9.69. The molecule has 9 nitrogen and oxygen atoms in total. The maximum Gasteiger partial charge on any atom is 1.00 e. The molecule has 0 aliphatic heterocycles. The van der Waals surface area contributed by atoms with Crippen molar-refractivity contribution in [2.24, 2.45) is 0 Å². The molecule has 1 unspecified atom stereocenters. The Hall–Kier alpha value is -0.680. The van der Waals surface area contributed by atoms with Crippen molar-refractivity contribution in [1.29, 1.82) is 0 Å². The van der Waals surface area contributed by atoms with Crippen LogP contribution in [0.25, 0.3) is 0 Å². The van der Waals surface area contributed by atoms with Crippen LogP contribution in [-0.2, 0) is 14.6 Å². The Morgan fingerprint density at radius 3 is 2.37 bits per heavy atom. The van der Waals surface area contributed by atoms with E-state index in [1.165, 1.54) is 12.1 Å². The quantitative estimate of drug-likeness (QED) is 0.263. The molecule has 2 N–H and O–H groups in total. The molecule has 0 fully saturated rings. The van der Waals surface area contributed by atoms with Crippen LogP contribution in [0, 0.1) is 10.1 Å². The van der Waals surface area contributed by atoms with Gasteiger partial charge in [-0.2, -0.15) is 4.72 Å². The summed E-state index contributed by atoms with van der Waals surface area (Å²) in [6, 6.07) is 8.12. The van der Waals surface area contributed by atoms with E-state index in [0.717, 1.165) is 30.3 Å². The molecule has 0 bridgehead atoms. The summed E-state index contributed by atoms with van der Waals surface area (Å²) in [6.07, 6.45) is -0.949. The molecule has 0 heterocycles. The number of non-ortho nitro benzene ring substituents is 1. The van der Waals surface area contributed by atoms with E-state index < -0.39 is 28.8 Å². The fourth-order valence-corrected chi connectivity index (χ4v) is 5.02. The summed E-state index contributed by atoms with van der Waals surface area (Å²) < 4.78 is 43.2. The van der Waals surface area contributed by atoms with Crippen molar-refractivity contribution in [3.63, 3.8) is 0 Å². The van der Waals surface area contributed by atoms with Crippen molar-refractivity contribution in [1.82, 2.24) is 4.72 Å². The van der Waals surface area contributed by atoms with Crippen molar-refractivity contribution in [3.05, 3.63) is 62.6 Å². The molecule has 0 spiro atoms. The number of nitro benzene ring substituents is 1. The Morgan fingerprint density at radius 1 is 1.22 bits per heavy atom. The minimum atomic E-state index is -4.43. The number of rotatable bonds is 7. The largest absolute Gasteiger partial charge is 1.00 e. The van der Waals surface area contributed by atoms with E-state index in [1.54, 1.807) is 0 Å². The van der Waals surface area contributed by atoms with Gasteiger partial charge in [-0.25, -0.2) is 13.0 Å². The summed E-state index contributed by atoms with van der Waals surface area (Å²) in [5, 5.41) is 10.6. The molecule has 0 aliphatic rings. The van der Waals surface area contributed by atoms with Crippen LogP contribution in [-0.4, -0.2) is 24.5 Å². The number of nitrogens with one attached hydrogen (secondary N) is 1. The van der Waals surface area contributed by atoms with Gasteiger partial charge in [0.1, 0.15) is 16.9 Å². The van der Waals surface area contributed by atoms with Gasteiger partial charge in [0.25, 0.3) is 5.69 Å². The number of benzene rings is 2. The molecule has 14 heteroatoms. The smallest absolute Gasteiger partial charge is 1.00 e. The van der Waals surface area contributed by atoms with Crippen LogP contribution in [0.4, 0.5) is 5.69 Å². The number of nitro groups is 1. The average Bonchev–Trinajstić information content (AvgIpc) is 2.55. The zero-order valence-corrected chi connectivity index (χ0v) is 18.9. The monoisotopic (exact) mass is 464 g/mol. The first-order valence-electron chi connectivity index (χ1n) is 6.71. The Labute approximate surface area is 188 Å². The SMILES string of the molecule is O=[N+]([O-])c1ccc(OP(=O)(O)CNS(=O)(=O)c2cc(Cl)ccc2Cl)cc1.[H-].[Na+]. The van der Waals surface area contributed by atoms with E-state index in [2.05, 4.69) is 0 Å². The number of hydrogen-bond donors (Lipinski definition) is 2. The summed E-state index contributed by atoms with van der Waals surface area (Å²) in [5.74, 6) is -0.138. The fraction of sp³-hybridized carbons (Fsp3) is 0.0769. The summed E-state index contributed by atoms with van der Waals surface area (Å²) in [7, 11) is -8.66. The summed E-state index contributed by atoms with van der Waals surface area (Å²) in [6.45, 7) is 0. The van der Waals surface area contributed by atoms with Gasteiger partial charge in [-0.3, -0.25) is 10.1 Å². The van der Waals surface area contributed by atoms with Gasteiger partial charge in [0.05, 0.1) is 9.95 Å². The minimum Gasteiger partial charge on any atom is -1.00 e. The maximum absolute atomic E-state index is 12.2. The molecule has 2 aromatic rings. The van der Waals surface area contributed by atoms with Crippen LogP contribution in [0.2, 0.25) is 10.0 Å². The van der Waals surface area contributed by atoms with E-state index in [0.29, 0.717) is 0 Å². The first-order chi connectivity index (χ1) is 12.0. The molecule has 27 heavy (non-hydrogen) atoms. The molecule has 0 radical (unpaired) electrons. The topological polar surface area (TPSA) is 136 Å². The van der Waals surface area contributed by atoms with Gasteiger partial charge < -0.3 is 10.8 Å². The molecular weight excluding hydrogens is 453 g/mol. The average molecular weight is 465 g/mol. The third kappa shape index (κ3) is 7.01. The van der Waals surface area contributed by atoms with Crippen molar-refractivity contribution >= 4 is 46.5 Å². The van der Waals surface area contributed by atoms with E-state index in [9.17, 15) is 28.0 Å². The van der Waals surface area contributed by atoms with Crippen LogP contribution in [0.1, 0.15) is 1.43 Å². The zero-order chi connectivity index (χ0) is 19.5.